The van der Waals surface area contributed by atoms with E-state index in [-0.39, 0.29) is 0 Å². The molecule has 1 N–H and O–H groups in total. The summed E-state index contributed by atoms with van der Waals surface area (Å²) in [6, 6.07) is 0.588. The summed E-state index contributed by atoms with van der Waals surface area (Å²) >= 11 is 0. The van der Waals surface area contributed by atoms with Crippen molar-refractivity contribution in [3.05, 3.63) is 0 Å². The van der Waals surface area contributed by atoms with Gasteiger partial charge in [0.15, 0.2) is 12.6 Å². The van der Waals surface area contributed by atoms with Crippen LogP contribution in [0.1, 0.15) is 34.1 Å². The average molecular weight is 245 g/mol. The van der Waals surface area contributed by atoms with Crippen LogP contribution in [-0.2, 0) is 9.53 Å². The summed E-state index contributed by atoms with van der Waals surface area (Å²) in [5, 5.41) is 17.3. The van der Waals surface area contributed by atoms with Crippen molar-refractivity contribution in [1.29, 1.82) is 0 Å². The lowest BCUT2D eigenvalue weighted by molar-refractivity contribution is -0.535. The molecule has 5 heteroatoms. The van der Waals surface area contributed by atoms with Crippen molar-refractivity contribution in [2.24, 2.45) is 5.92 Å². The predicted molar refractivity (Wildman–Crippen MR) is 62.7 cm³/mol. The Kier molecular flexibility index (Phi) is 6.80. The third-order valence-electron chi connectivity index (χ3n) is 2.72. The lowest BCUT2D eigenvalue weighted by Gasteiger charge is -2.07. The van der Waals surface area contributed by atoms with Crippen molar-refractivity contribution < 1.29 is 24.3 Å². The number of carboxylic acids is 1. The fourth-order valence-corrected chi connectivity index (χ4v) is 1.57. The second-order valence-corrected chi connectivity index (χ2v) is 4.48. The maximum atomic E-state index is 9.34. The summed E-state index contributed by atoms with van der Waals surface area (Å²) in [6.45, 7) is 8.62. The van der Waals surface area contributed by atoms with Gasteiger partial charge in [-0.1, -0.05) is 20.8 Å². The number of carbonyl (C=O) groups excluding carboxylic acids is 1. The number of ether oxygens (including phenoxy) is 1. The summed E-state index contributed by atoms with van der Waals surface area (Å²) in [5.74, 6) is 0.391. The van der Waals surface area contributed by atoms with Crippen LogP contribution in [0.25, 0.3) is 0 Å². The molecule has 0 spiro atoms. The van der Waals surface area contributed by atoms with Crippen molar-refractivity contribution in [3.8, 4) is 0 Å². The maximum Gasteiger partial charge on any atom is 0.336 e. The summed E-state index contributed by atoms with van der Waals surface area (Å²) in [4.78, 5) is 9.34. The number of rotatable bonds is 3. The molecule has 1 aliphatic rings. The molecule has 0 saturated carbocycles. The molecule has 100 valence electrons. The first kappa shape index (κ1) is 15.9. The van der Waals surface area contributed by atoms with Crippen molar-refractivity contribution >= 4 is 11.9 Å². The Morgan fingerprint density at radius 1 is 1.59 bits per heavy atom. The standard InChI is InChI=1S/C9H18NO.C3H6O3/c1-5-9-10(4)8(6-11-9)7(2)3;1-2(4)3(5)6/h7-8H,5-6H2,1-4H3;2,4H,1H3,(H,5,6)/q+1;/p-1/t8-;2-/m10/s1. The average Bonchev–Trinajstić information content (AvgIpc) is 2.60. The summed E-state index contributed by atoms with van der Waals surface area (Å²) in [6.07, 6.45) is -0.329. The SMILES string of the molecule is CCC1=[N+](C)[C@@H](C(C)C)CO1.C[C@H](O)C(=O)[O-]. The third kappa shape index (κ3) is 5.17. The first-order valence-corrected chi connectivity index (χ1v) is 5.91. The zero-order chi connectivity index (χ0) is 13.6. The second kappa shape index (κ2) is 7.27. The van der Waals surface area contributed by atoms with Crippen molar-refractivity contribution in [1.82, 2.24) is 0 Å². The number of hydrogen-bond donors (Lipinski definition) is 1. The van der Waals surface area contributed by atoms with Gasteiger partial charge in [0.05, 0.1) is 18.5 Å². The highest BCUT2D eigenvalue weighted by molar-refractivity contribution is 5.71. The topological polar surface area (TPSA) is 72.6 Å². The second-order valence-electron chi connectivity index (χ2n) is 4.48. The predicted octanol–water partition coefficient (Wildman–Crippen LogP) is -0.391. The van der Waals surface area contributed by atoms with Crippen molar-refractivity contribution in [2.45, 2.75) is 46.3 Å². The van der Waals surface area contributed by atoms with Gasteiger partial charge in [-0.05, 0) is 6.92 Å². The number of aliphatic carboxylic acids is 1. The zero-order valence-electron chi connectivity index (χ0n) is 11.3. The Labute approximate surface area is 103 Å². The van der Waals surface area contributed by atoms with Crippen molar-refractivity contribution in [3.63, 3.8) is 0 Å². The minimum atomic E-state index is -1.44. The Morgan fingerprint density at radius 2 is 2.06 bits per heavy atom. The Balaban J connectivity index is 0.000000366. The van der Waals surface area contributed by atoms with Gasteiger partial charge in [0.25, 0.3) is 0 Å². The molecule has 0 aromatic heterocycles. The van der Waals surface area contributed by atoms with E-state index in [4.69, 9.17) is 9.84 Å². The fraction of sp³-hybridized carbons (Fsp3) is 0.833. The summed E-state index contributed by atoms with van der Waals surface area (Å²) < 4.78 is 7.80. The molecular weight excluding hydrogens is 222 g/mol. The highest BCUT2D eigenvalue weighted by atomic mass is 16.5. The van der Waals surface area contributed by atoms with Crippen LogP contribution in [0.15, 0.2) is 0 Å². The number of hydrogen-bond acceptors (Lipinski definition) is 4. The van der Waals surface area contributed by atoms with Gasteiger partial charge in [0, 0.05) is 5.92 Å². The smallest absolute Gasteiger partial charge is 0.336 e. The van der Waals surface area contributed by atoms with Crippen LogP contribution in [0.2, 0.25) is 0 Å². The van der Waals surface area contributed by atoms with Gasteiger partial charge in [0.1, 0.15) is 7.05 Å². The molecule has 0 unspecified atom stereocenters. The summed E-state index contributed by atoms with van der Waals surface area (Å²) in [7, 11) is 2.12. The van der Waals surface area contributed by atoms with Gasteiger partial charge >= 0.3 is 5.90 Å². The van der Waals surface area contributed by atoms with E-state index in [0.29, 0.717) is 12.0 Å². The zero-order valence-corrected chi connectivity index (χ0v) is 11.3. The van der Waals surface area contributed by atoms with Crippen LogP contribution in [0, 0.1) is 5.92 Å². The molecule has 0 aromatic rings. The van der Waals surface area contributed by atoms with Crippen LogP contribution in [-0.4, -0.2) is 47.3 Å². The molecule has 5 nitrogen and oxygen atoms in total. The van der Waals surface area contributed by atoms with Crippen LogP contribution in [0.3, 0.4) is 0 Å². The largest absolute Gasteiger partial charge is 0.547 e. The highest BCUT2D eigenvalue weighted by Gasteiger charge is 2.32. The van der Waals surface area contributed by atoms with E-state index >= 15 is 0 Å². The Hall–Kier alpha value is -1.10. The van der Waals surface area contributed by atoms with Crippen molar-refractivity contribution in [2.75, 3.05) is 13.7 Å². The van der Waals surface area contributed by atoms with E-state index < -0.39 is 12.1 Å². The quantitative estimate of drug-likeness (QED) is 0.687. The minimum Gasteiger partial charge on any atom is -0.547 e. The molecule has 17 heavy (non-hydrogen) atoms. The van der Waals surface area contributed by atoms with Crippen LogP contribution in [0.5, 0.6) is 0 Å². The number of carboxylic acid groups (broad SMARTS) is 1. The molecule has 1 rings (SSSR count). The van der Waals surface area contributed by atoms with E-state index in [0.717, 1.165) is 25.8 Å². The maximum absolute atomic E-state index is 9.34. The van der Waals surface area contributed by atoms with Crippen LogP contribution >= 0.6 is 0 Å². The molecule has 0 fully saturated rings. The Bertz CT molecular complexity index is 284. The molecule has 2 atom stereocenters. The molecule has 0 aromatic carbocycles. The van der Waals surface area contributed by atoms with Gasteiger partial charge in [-0.25, -0.2) is 0 Å². The normalized spacial score (nSPS) is 20.8. The first-order chi connectivity index (χ1) is 7.81. The van der Waals surface area contributed by atoms with Gasteiger partial charge < -0.3 is 19.7 Å². The third-order valence-corrected chi connectivity index (χ3v) is 2.72. The molecule has 0 amide bonds. The van der Waals surface area contributed by atoms with E-state index in [1.54, 1.807) is 0 Å². The number of carbonyl (C=O) groups is 1. The van der Waals surface area contributed by atoms with E-state index in [1.807, 2.05) is 0 Å². The van der Waals surface area contributed by atoms with Gasteiger partial charge in [0.2, 0.25) is 0 Å². The van der Waals surface area contributed by atoms with E-state index in [9.17, 15) is 9.90 Å². The number of aliphatic hydroxyl groups is 1. The molecular formula is C12H23NO4. The molecule has 1 heterocycles. The molecule has 1 aliphatic heterocycles. The minimum absolute atomic E-state index is 0.588. The lowest BCUT2D eigenvalue weighted by Crippen LogP contribution is -2.32. The monoisotopic (exact) mass is 245 g/mol. The Morgan fingerprint density at radius 3 is 2.24 bits per heavy atom. The van der Waals surface area contributed by atoms with E-state index in [2.05, 4.69) is 32.4 Å². The number of aliphatic hydroxyl groups excluding tert-OH is 1. The fourth-order valence-electron chi connectivity index (χ4n) is 1.57. The van der Waals surface area contributed by atoms with Crippen LogP contribution < -0.4 is 5.11 Å². The first-order valence-electron chi connectivity index (χ1n) is 5.91. The molecule has 0 aliphatic carbocycles. The molecule has 0 saturated heterocycles. The van der Waals surface area contributed by atoms with Crippen LogP contribution in [0.4, 0.5) is 0 Å². The number of likely N-dealkylation sites (N-methyl/N-ethyl adjacent to an activating group) is 1. The van der Waals surface area contributed by atoms with Gasteiger partial charge in [-0.3, -0.25) is 0 Å². The number of nitrogens with zero attached hydrogens (tertiary/aromatic N) is 1. The van der Waals surface area contributed by atoms with Gasteiger partial charge in [-0.2, -0.15) is 4.58 Å². The van der Waals surface area contributed by atoms with Gasteiger partial charge in [-0.15, -0.1) is 0 Å². The molecule has 0 bridgehead atoms. The summed E-state index contributed by atoms with van der Waals surface area (Å²) in [5.41, 5.74) is 0. The van der Waals surface area contributed by atoms with E-state index in [1.165, 1.54) is 0 Å². The highest BCUT2D eigenvalue weighted by Crippen LogP contribution is 2.13. The molecule has 0 radical (unpaired) electrons. The lowest BCUT2D eigenvalue weighted by atomic mass is 10.1.